The van der Waals surface area contributed by atoms with E-state index < -0.39 is 0 Å². The zero-order valence-corrected chi connectivity index (χ0v) is 16.6. The Bertz CT molecular complexity index is 822. The average molecular weight is 388 g/mol. The molecule has 2 saturated heterocycles. The van der Waals surface area contributed by atoms with Crippen LogP contribution >= 0.6 is 11.3 Å². The number of piperidine rings is 2. The second-order valence-electron chi connectivity index (χ2n) is 7.54. The Kier molecular flexibility index (Phi) is 5.04. The van der Waals surface area contributed by atoms with Crippen LogP contribution in [0.4, 0.5) is 0 Å². The zero-order valence-electron chi connectivity index (χ0n) is 15.8. The number of likely N-dealkylation sites (tertiary alicyclic amines) is 1. The number of rotatable bonds is 3. The fourth-order valence-electron chi connectivity index (χ4n) is 3.83. The lowest BCUT2D eigenvalue weighted by molar-refractivity contribution is -0.139. The Morgan fingerprint density at radius 3 is 2.63 bits per heavy atom. The summed E-state index contributed by atoms with van der Waals surface area (Å²) in [6.45, 7) is 6.05. The van der Waals surface area contributed by atoms with Gasteiger partial charge in [0.2, 0.25) is 11.8 Å². The van der Waals surface area contributed by atoms with Crippen LogP contribution in [0.25, 0.3) is 10.2 Å². The summed E-state index contributed by atoms with van der Waals surface area (Å²) in [5.74, 6) is 0.141. The Balaban J connectivity index is 1.34. The number of hydrogen-bond acceptors (Lipinski definition) is 5. The normalized spacial score (nSPS) is 21.3. The number of ether oxygens (including phenoxy) is 1. The van der Waals surface area contributed by atoms with Gasteiger partial charge < -0.3 is 15.0 Å². The van der Waals surface area contributed by atoms with Gasteiger partial charge in [-0.15, -0.1) is 0 Å². The van der Waals surface area contributed by atoms with Crippen LogP contribution in [0.1, 0.15) is 36.8 Å². The summed E-state index contributed by atoms with van der Waals surface area (Å²) in [6, 6.07) is 4.22. The van der Waals surface area contributed by atoms with E-state index in [4.69, 9.17) is 4.74 Å². The number of nitrogens with zero attached hydrogens (tertiary/aromatic N) is 2. The van der Waals surface area contributed by atoms with E-state index in [2.05, 4.69) is 36.3 Å². The molecular weight excluding hydrogens is 362 g/mol. The molecule has 0 bridgehead atoms. The van der Waals surface area contributed by atoms with Crippen molar-refractivity contribution in [3.63, 3.8) is 0 Å². The fraction of sp³-hybridized carbons (Fsp3) is 0.550. The number of aryl methyl sites for hydroxylation is 2. The van der Waals surface area contributed by atoms with Crippen molar-refractivity contribution in [1.82, 2.24) is 15.2 Å². The van der Waals surface area contributed by atoms with Gasteiger partial charge in [0, 0.05) is 38.9 Å². The number of benzene rings is 1. The maximum atomic E-state index is 12.6. The van der Waals surface area contributed by atoms with Crippen LogP contribution in [0.15, 0.2) is 12.1 Å². The average Bonchev–Trinajstić information content (AvgIpc) is 3.11. The van der Waals surface area contributed by atoms with Crippen molar-refractivity contribution in [2.45, 2.75) is 45.6 Å². The molecular formula is C20H25N3O3S. The van der Waals surface area contributed by atoms with Crippen LogP contribution in [0.3, 0.4) is 0 Å². The van der Waals surface area contributed by atoms with Crippen LogP contribution in [0.5, 0.6) is 5.19 Å². The van der Waals surface area contributed by atoms with Gasteiger partial charge in [0.1, 0.15) is 6.10 Å². The molecule has 2 aromatic rings. The van der Waals surface area contributed by atoms with Crippen molar-refractivity contribution in [2.75, 3.05) is 19.6 Å². The van der Waals surface area contributed by atoms with E-state index in [1.807, 2.05) is 4.90 Å². The molecule has 4 rings (SSSR count). The van der Waals surface area contributed by atoms with E-state index in [9.17, 15) is 9.59 Å². The Hall–Kier alpha value is -2.15. The molecule has 0 radical (unpaired) electrons. The summed E-state index contributed by atoms with van der Waals surface area (Å²) in [7, 11) is 0. The Morgan fingerprint density at radius 2 is 1.96 bits per heavy atom. The molecule has 2 amide bonds. The fourth-order valence-corrected chi connectivity index (χ4v) is 4.86. The molecule has 27 heavy (non-hydrogen) atoms. The summed E-state index contributed by atoms with van der Waals surface area (Å²) in [5, 5.41) is 3.52. The number of carbonyl (C=O) groups excluding carboxylic acids is 2. The molecule has 1 aromatic carbocycles. The van der Waals surface area contributed by atoms with Crippen LogP contribution in [-0.4, -0.2) is 47.4 Å². The molecule has 2 fully saturated rings. The molecule has 0 aliphatic carbocycles. The minimum absolute atomic E-state index is 0.0486. The van der Waals surface area contributed by atoms with E-state index in [1.165, 1.54) is 15.8 Å². The third kappa shape index (κ3) is 3.78. The molecule has 0 spiro atoms. The number of nitrogens with one attached hydrogen (secondary N) is 1. The van der Waals surface area contributed by atoms with Crippen molar-refractivity contribution in [1.29, 1.82) is 0 Å². The first-order valence-electron chi connectivity index (χ1n) is 9.60. The van der Waals surface area contributed by atoms with E-state index in [1.54, 1.807) is 11.3 Å². The summed E-state index contributed by atoms with van der Waals surface area (Å²) in [5.41, 5.74) is 3.42. The molecule has 3 heterocycles. The van der Waals surface area contributed by atoms with Gasteiger partial charge >= 0.3 is 0 Å². The van der Waals surface area contributed by atoms with Crippen molar-refractivity contribution < 1.29 is 14.3 Å². The third-order valence-corrected chi connectivity index (χ3v) is 6.64. The summed E-state index contributed by atoms with van der Waals surface area (Å²) < 4.78 is 7.34. The lowest BCUT2D eigenvalue weighted by atomic mass is 9.96. The largest absolute Gasteiger partial charge is 0.467 e. The van der Waals surface area contributed by atoms with Gasteiger partial charge in [0.25, 0.3) is 5.19 Å². The summed E-state index contributed by atoms with van der Waals surface area (Å²) in [6.07, 6.45) is 2.84. The topological polar surface area (TPSA) is 71.5 Å². The van der Waals surface area contributed by atoms with Gasteiger partial charge in [-0.2, -0.15) is 0 Å². The maximum Gasteiger partial charge on any atom is 0.274 e. The Morgan fingerprint density at radius 1 is 1.22 bits per heavy atom. The van der Waals surface area contributed by atoms with E-state index in [0.717, 1.165) is 23.6 Å². The minimum atomic E-state index is -0.0737. The first-order chi connectivity index (χ1) is 13.0. The second-order valence-corrected chi connectivity index (χ2v) is 8.50. The van der Waals surface area contributed by atoms with Gasteiger partial charge in [-0.1, -0.05) is 23.5 Å². The number of aromatic nitrogens is 1. The Labute approximate surface area is 162 Å². The predicted molar refractivity (Wildman–Crippen MR) is 105 cm³/mol. The highest BCUT2D eigenvalue weighted by Gasteiger charge is 2.31. The molecule has 1 atom stereocenters. The highest BCUT2D eigenvalue weighted by Crippen LogP contribution is 2.33. The number of fused-ring (bicyclic) bond motifs is 1. The van der Waals surface area contributed by atoms with Gasteiger partial charge in [-0.25, -0.2) is 4.98 Å². The summed E-state index contributed by atoms with van der Waals surface area (Å²) >= 11 is 1.61. The molecule has 1 N–H and O–H groups in total. The third-order valence-electron chi connectivity index (χ3n) is 5.56. The van der Waals surface area contributed by atoms with Crippen molar-refractivity contribution >= 4 is 33.4 Å². The number of amides is 2. The summed E-state index contributed by atoms with van der Waals surface area (Å²) in [4.78, 5) is 30.5. The lowest BCUT2D eigenvalue weighted by Crippen LogP contribution is -2.48. The van der Waals surface area contributed by atoms with Crippen molar-refractivity contribution in [2.24, 2.45) is 5.92 Å². The second kappa shape index (κ2) is 7.46. The first kappa shape index (κ1) is 18.2. The number of carbonyl (C=O) groups is 2. The highest BCUT2D eigenvalue weighted by molar-refractivity contribution is 7.20. The van der Waals surface area contributed by atoms with E-state index >= 15 is 0 Å². The highest BCUT2D eigenvalue weighted by atomic mass is 32.1. The lowest BCUT2D eigenvalue weighted by Gasteiger charge is -2.34. The van der Waals surface area contributed by atoms with Gasteiger partial charge in [0.05, 0.1) is 16.1 Å². The van der Waals surface area contributed by atoms with Crippen molar-refractivity contribution in [3.05, 3.63) is 23.3 Å². The smallest absolute Gasteiger partial charge is 0.274 e. The monoisotopic (exact) mass is 387 g/mol. The SMILES string of the molecule is Cc1ccc(C)c2sc(OC3CCN(C(=O)C4CCC(=O)NC4)CC3)nc12. The number of hydrogen-bond donors (Lipinski definition) is 1. The molecule has 7 heteroatoms. The van der Waals surface area contributed by atoms with Crippen molar-refractivity contribution in [3.8, 4) is 5.19 Å². The van der Waals surface area contributed by atoms with Gasteiger partial charge in [0.15, 0.2) is 0 Å². The molecule has 144 valence electrons. The molecule has 2 aliphatic rings. The van der Waals surface area contributed by atoms with E-state index in [0.29, 0.717) is 32.5 Å². The minimum Gasteiger partial charge on any atom is -0.467 e. The number of thiazole rings is 1. The molecule has 0 saturated carbocycles. The van der Waals surface area contributed by atoms with Gasteiger partial charge in [-0.05, 0) is 31.4 Å². The maximum absolute atomic E-state index is 12.6. The van der Waals surface area contributed by atoms with Crippen LogP contribution in [-0.2, 0) is 9.59 Å². The molecule has 2 aliphatic heterocycles. The van der Waals surface area contributed by atoms with Gasteiger partial charge in [-0.3, -0.25) is 9.59 Å². The standard InChI is InChI=1S/C20H25N3O3S/c1-12-3-4-13(2)18-17(12)22-20(27-18)26-15-7-9-23(10-8-15)19(25)14-5-6-16(24)21-11-14/h3-4,14-15H,5-11H2,1-2H3,(H,21,24). The first-order valence-corrected chi connectivity index (χ1v) is 10.4. The molecule has 6 nitrogen and oxygen atoms in total. The quantitative estimate of drug-likeness (QED) is 0.879. The zero-order chi connectivity index (χ0) is 19.0. The van der Waals surface area contributed by atoms with E-state index in [-0.39, 0.29) is 23.8 Å². The predicted octanol–water partition coefficient (Wildman–Crippen LogP) is 2.81. The van der Waals surface area contributed by atoms with Crippen LogP contribution in [0.2, 0.25) is 0 Å². The van der Waals surface area contributed by atoms with Crippen LogP contribution < -0.4 is 10.1 Å². The molecule has 1 aromatic heterocycles. The molecule has 1 unspecified atom stereocenters. The van der Waals surface area contributed by atoms with Crippen LogP contribution in [0, 0.1) is 19.8 Å².